The van der Waals surface area contributed by atoms with Gasteiger partial charge in [-0.25, -0.2) is 4.79 Å². The summed E-state index contributed by atoms with van der Waals surface area (Å²) in [6.45, 7) is 3.11. The van der Waals surface area contributed by atoms with Gasteiger partial charge in [-0.1, -0.05) is 31.2 Å². The molecule has 0 bridgehead atoms. The Morgan fingerprint density at radius 3 is 2.48 bits per heavy atom. The number of rotatable bonds is 4. The molecular weight excluding hydrogens is 342 g/mol. The summed E-state index contributed by atoms with van der Waals surface area (Å²) in [4.78, 5) is 26.6. The number of benzene rings is 2. The smallest absolute Gasteiger partial charge is 0.319 e. The first-order valence-corrected chi connectivity index (χ1v) is 9.30. The summed E-state index contributed by atoms with van der Waals surface area (Å²) in [5, 5.41) is 15.8. The highest BCUT2D eigenvalue weighted by Crippen LogP contribution is 2.23. The Kier molecular flexibility index (Phi) is 5.96. The minimum Gasteiger partial charge on any atom is -0.507 e. The molecule has 6 nitrogen and oxygen atoms in total. The van der Waals surface area contributed by atoms with E-state index in [4.69, 9.17) is 0 Å². The van der Waals surface area contributed by atoms with Crippen molar-refractivity contribution in [3.8, 4) is 5.75 Å². The summed E-state index contributed by atoms with van der Waals surface area (Å²) in [6, 6.07) is 14.2. The number of piperidine rings is 1. The van der Waals surface area contributed by atoms with Crippen LogP contribution in [0.1, 0.15) is 35.7 Å². The summed E-state index contributed by atoms with van der Waals surface area (Å²) in [6.07, 6.45) is 2.17. The lowest BCUT2D eigenvalue weighted by atomic mass is 10.0. The third-order valence-corrected chi connectivity index (χ3v) is 4.85. The minimum absolute atomic E-state index is 0.0136. The molecule has 1 heterocycles. The van der Waals surface area contributed by atoms with Crippen LogP contribution in [0.15, 0.2) is 48.5 Å². The van der Waals surface area contributed by atoms with Crippen molar-refractivity contribution in [3.63, 3.8) is 0 Å². The lowest BCUT2D eigenvalue weighted by Gasteiger charge is -2.32. The monoisotopic (exact) mass is 367 g/mol. The standard InChI is InChI=1S/C21H25N3O3/c1-2-15-8-9-19(25)18(14-15)20(26)24-12-10-17(11-13-24)23-21(27)22-16-6-4-3-5-7-16/h3-9,14,17,25H,2,10-13H2,1H3,(H2,22,23,27). The summed E-state index contributed by atoms with van der Waals surface area (Å²) in [7, 11) is 0. The first kappa shape index (κ1) is 18.8. The average Bonchev–Trinajstić information content (AvgIpc) is 2.69. The van der Waals surface area contributed by atoms with Gasteiger partial charge in [-0.3, -0.25) is 4.79 Å². The maximum Gasteiger partial charge on any atom is 0.319 e. The number of phenols is 1. The van der Waals surface area contributed by atoms with Gasteiger partial charge in [-0.05, 0) is 49.1 Å². The third-order valence-electron chi connectivity index (χ3n) is 4.85. The average molecular weight is 367 g/mol. The number of hydrogen-bond donors (Lipinski definition) is 3. The molecule has 0 radical (unpaired) electrons. The fourth-order valence-electron chi connectivity index (χ4n) is 3.25. The Morgan fingerprint density at radius 1 is 1.11 bits per heavy atom. The number of nitrogens with one attached hydrogen (secondary N) is 2. The molecule has 0 unspecified atom stereocenters. The molecule has 1 fully saturated rings. The van der Waals surface area contributed by atoms with Gasteiger partial charge in [-0.15, -0.1) is 0 Å². The van der Waals surface area contributed by atoms with Crippen molar-refractivity contribution in [2.75, 3.05) is 18.4 Å². The van der Waals surface area contributed by atoms with Crippen molar-refractivity contribution in [1.82, 2.24) is 10.2 Å². The highest BCUT2D eigenvalue weighted by Gasteiger charge is 2.26. The molecule has 3 amide bonds. The molecule has 0 saturated carbocycles. The highest BCUT2D eigenvalue weighted by molar-refractivity contribution is 5.97. The number of anilines is 1. The number of urea groups is 1. The number of nitrogens with zero attached hydrogens (tertiary/aromatic N) is 1. The summed E-state index contributed by atoms with van der Waals surface area (Å²) < 4.78 is 0. The van der Waals surface area contributed by atoms with Gasteiger partial charge in [0.2, 0.25) is 0 Å². The van der Waals surface area contributed by atoms with Crippen LogP contribution in [-0.4, -0.2) is 41.1 Å². The van der Waals surface area contributed by atoms with Gasteiger partial charge in [0.05, 0.1) is 5.56 Å². The maximum atomic E-state index is 12.7. The second-order valence-electron chi connectivity index (χ2n) is 6.74. The number of hydrogen-bond acceptors (Lipinski definition) is 3. The number of likely N-dealkylation sites (tertiary alicyclic amines) is 1. The molecule has 2 aromatic carbocycles. The normalized spacial score (nSPS) is 14.6. The van der Waals surface area contributed by atoms with E-state index in [0.717, 1.165) is 17.7 Å². The second-order valence-corrected chi connectivity index (χ2v) is 6.74. The van der Waals surface area contributed by atoms with Crippen LogP contribution in [0.3, 0.4) is 0 Å². The Balaban J connectivity index is 1.53. The van der Waals surface area contributed by atoms with Crippen LogP contribution in [0.25, 0.3) is 0 Å². The van der Waals surface area contributed by atoms with Crippen molar-refractivity contribution < 1.29 is 14.7 Å². The molecule has 2 aromatic rings. The number of phenolic OH excluding ortho intramolecular Hbond substituents is 1. The van der Waals surface area contributed by atoms with Crippen LogP contribution in [0, 0.1) is 0 Å². The van der Waals surface area contributed by atoms with Gasteiger partial charge >= 0.3 is 6.03 Å². The summed E-state index contributed by atoms with van der Waals surface area (Å²) >= 11 is 0. The molecule has 0 spiro atoms. The van der Waals surface area contributed by atoms with E-state index in [2.05, 4.69) is 10.6 Å². The van der Waals surface area contributed by atoms with Gasteiger partial charge in [0.1, 0.15) is 5.75 Å². The predicted molar refractivity (Wildman–Crippen MR) is 105 cm³/mol. The van der Waals surface area contributed by atoms with E-state index >= 15 is 0 Å². The first-order valence-electron chi connectivity index (χ1n) is 9.30. The molecule has 1 aliphatic rings. The molecule has 3 rings (SSSR count). The Labute approximate surface area is 159 Å². The lowest BCUT2D eigenvalue weighted by molar-refractivity contribution is 0.0705. The van der Waals surface area contributed by atoms with Crippen LogP contribution in [0.4, 0.5) is 10.5 Å². The van der Waals surface area contributed by atoms with Gasteiger partial charge in [0.15, 0.2) is 0 Å². The van der Waals surface area contributed by atoms with Crippen LogP contribution >= 0.6 is 0 Å². The van der Waals surface area contributed by atoms with Gasteiger partial charge < -0.3 is 20.6 Å². The van der Waals surface area contributed by atoms with E-state index in [1.165, 1.54) is 0 Å². The summed E-state index contributed by atoms with van der Waals surface area (Å²) in [5.41, 5.74) is 2.11. The number of aromatic hydroxyl groups is 1. The zero-order valence-electron chi connectivity index (χ0n) is 15.4. The van der Waals surface area contributed by atoms with Gasteiger partial charge in [0, 0.05) is 24.8 Å². The lowest BCUT2D eigenvalue weighted by Crippen LogP contribution is -2.47. The van der Waals surface area contributed by atoms with Crippen LogP contribution in [-0.2, 0) is 6.42 Å². The largest absolute Gasteiger partial charge is 0.507 e. The van der Waals surface area contributed by atoms with Crippen molar-refractivity contribution in [1.29, 1.82) is 0 Å². The van der Waals surface area contributed by atoms with E-state index in [-0.39, 0.29) is 23.7 Å². The first-order chi connectivity index (χ1) is 13.1. The number of para-hydroxylation sites is 1. The van der Waals surface area contributed by atoms with E-state index in [9.17, 15) is 14.7 Å². The Morgan fingerprint density at radius 2 is 1.81 bits per heavy atom. The Bertz CT molecular complexity index is 800. The molecule has 0 aliphatic carbocycles. The number of carbonyl (C=O) groups is 2. The SMILES string of the molecule is CCc1ccc(O)c(C(=O)N2CCC(NC(=O)Nc3ccccc3)CC2)c1. The molecule has 0 atom stereocenters. The molecule has 3 N–H and O–H groups in total. The number of aryl methyl sites for hydroxylation is 1. The summed E-state index contributed by atoms with van der Waals surface area (Å²) in [5.74, 6) is -0.144. The van der Waals surface area contributed by atoms with E-state index in [1.807, 2.05) is 43.3 Å². The van der Waals surface area contributed by atoms with E-state index in [1.54, 1.807) is 17.0 Å². The maximum absolute atomic E-state index is 12.7. The fraction of sp³-hybridized carbons (Fsp3) is 0.333. The van der Waals surface area contributed by atoms with Gasteiger partial charge in [-0.2, -0.15) is 0 Å². The zero-order valence-corrected chi connectivity index (χ0v) is 15.4. The number of amides is 3. The predicted octanol–water partition coefficient (Wildman–Crippen LogP) is 3.38. The molecule has 0 aromatic heterocycles. The van der Waals surface area contributed by atoms with E-state index < -0.39 is 0 Å². The third kappa shape index (κ3) is 4.78. The fourth-order valence-corrected chi connectivity index (χ4v) is 3.25. The Hall–Kier alpha value is -3.02. The molecule has 142 valence electrons. The van der Waals surface area contributed by atoms with Crippen LogP contribution < -0.4 is 10.6 Å². The van der Waals surface area contributed by atoms with Crippen LogP contribution in [0.2, 0.25) is 0 Å². The molecule has 27 heavy (non-hydrogen) atoms. The van der Waals surface area contributed by atoms with Crippen molar-refractivity contribution in [2.24, 2.45) is 0 Å². The molecule has 1 aliphatic heterocycles. The van der Waals surface area contributed by atoms with Crippen molar-refractivity contribution in [2.45, 2.75) is 32.2 Å². The molecule has 6 heteroatoms. The van der Waals surface area contributed by atoms with Crippen molar-refractivity contribution >= 4 is 17.6 Å². The van der Waals surface area contributed by atoms with Gasteiger partial charge in [0.25, 0.3) is 5.91 Å². The van der Waals surface area contributed by atoms with E-state index in [0.29, 0.717) is 31.5 Å². The highest BCUT2D eigenvalue weighted by atomic mass is 16.3. The van der Waals surface area contributed by atoms with Crippen LogP contribution in [0.5, 0.6) is 5.75 Å². The molecular formula is C21H25N3O3. The minimum atomic E-state index is -0.237. The zero-order chi connectivity index (χ0) is 19.2. The molecule has 1 saturated heterocycles. The quantitative estimate of drug-likeness (QED) is 0.775. The topological polar surface area (TPSA) is 81.7 Å². The van der Waals surface area contributed by atoms with Crippen molar-refractivity contribution in [3.05, 3.63) is 59.7 Å². The second kappa shape index (κ2) is 8.58. The number of carbonyl (C=O) groups excluding carboxylic acids is 2.